The molecule has 9 heteroatoms. The van der Waals surface area contributed by atoms with Crippen LogP contribution in [0.1, 0.15) is 18.2 Å². The lowest BCUT2D eigenvalue weighted by atomic mass is 10.0. The van der Waals surface area contributed by atoms with Crippen molar-refractivity contribution in [1.82, 2.24) is 9.97 Å². The molecule has 0 N–H and O–H groups in total. The molecule has 4 rings (SSSR count). The highest BCUT2D eigenvalue weighted by Gasteiger charge is 2.39. The summed E-state index contributed by atoms with van der Waals surface area (Å²) in [6.07, 6.45) is 4.69. The number of nitrogens with zero attached hydrogens (tertiary/aromatic N) is 3. The van der Waals surface area contributed by atoms with Gasteiger partial charge in [0.05, 0.1) is 17.5 Å². The first kappa shape index (κ1) is 18.6. The fourth-order valence-corrected chi connectivity index (χ4v) is 4.26. The highest BCUT2D eigenvalue weighted by atomic mass is 32.2. The van der Waals surface area contributed by atoms with Crippen LogP contribution >= 0.6 is 11.3 Å². The maximum Gasteiger partial charge on any atom is 0.235 e. The lowest BCUT2D eigenvalue weighted by Gasteiger charge is -2.18. The van der Waals surface area contributed by atoms with Crippen molar-refractivity contribution >= 4 is 27.1 Å². The van der Waals surface area contributed by atoms with E-state index in [-0.39, 0.29) is 5.03 Å². The Morgan fingerprint density at radius 1 is 1.11 bits per heavy atom. The van der Waals surface area contributed by atoms with Crippen molar-refractivity contribution in [2.75, 3.05) is 6.26 Å². The summed E-state index contributed by atoms with van der Waals surface area (Å²) in [6, 6.07) is 12.9. The molecule has 0 saturated carbocycles. The number of oxime groups is 1. The molecule has 144 valence electrons. The third-order valence-corrected chi connectivity index (χ3v) is 6.50. The lowest BCUT2D eigenvalue weighted by Crippen LogP contribution is -2.21. The first-order valence-corrected chi connectivity index (χ1v) is 11.1. The van der Waals surface area contributed by atoms with E-state index >= 15 is 0 Å². The zero-order chi connectivity index (χ0) is 19.8. The smallest absolute Gasteiger partial charge is 0.235 e. The summed E-state index contributed by atoms with van der Waals surface area (Å²) < 4.78 is 28.7. The molecule has 0 aliphatic carbocycles. The number of thiazole rings is 1. The van der Waals surface area contributed by atoms with E-state index in [0.717, 1.165) is 21.7 Å². The Morgan fingerprint density at radius 2 is 1.89 bits per heavy atom. The van der Waals surface area contributed by atoms with E-state index in [4.69, 9.17) is 9.57 Å². The fraction of sp³-hybridized carbons (Fsp3) is 0.211. The molecule has 7 nitrogen and oxygen atoms in total. The highest BCUT2D eigenvalue weighted by Crippen LogP contribution is 2.40. The van der Waals surface area contributed by atoms with Gasteiger partial charge >= 0.3 is 0 Å². The monoisotopic (exact) mass is 415 g/mol. The Bertz CT molecular complexity index is 1130. The topological polar surface area (TPSA) is 90.7 Å². The van der Waals surface area contributed by atoms with Crippen LogP contribution in [-0.4, -0.2) is 30.5 Å². The van der Waals surface area contributed by atoms with Gasteiger partial charge in [0.2, 0.25) is 5.90 Å². The van der Waals surface area contributed by atoms with Gasteiger partial charge < -0.3 is 9.57 Å². The third kappa shape index (κ3) is 3.76. The second-order valence-electron chi connectivity index (χ2n) is 6.59. The van der Waals surface area contributed by atoms with Crippen molar-refractivity contribution in [3.05, 3.63) is 59.7 Å². The summed E-state index contributed by atoms with van der Waals surface area (Å²) in [5.41, 5.74) is 0.384. The largest absolute Gasteiger partial charge is 0.438 e. The average molecular weight is 415 g/mol. The van der Waals surface area contributed by atoms with Gasteiger partial charge in [0, 0.05) is 18.0 Å². The van der Waals surface area contributed by atoms with Crippen LogP contribution in [0.15, 0.2) is 65.0 Å². The first-order valence-electron chi connectivity index (χ1n) is 8.44. The molecule has 0 unspecified atom stereocenters. The maximum absolute atomic E-state index is 11.5. The molecule has 0 fully saturated rings. The number of benzene rings is 1. The van der Waals surface area contributed by atoms with E-state index in [1.165, 1.54) is 12.3 Å². The molecule has 0 amide bonds. The van der Waals surface area contributed by atoms with E-state index < -0.39 is 15.4 Å². The molecule has 0 spiro atoms. The number of ether oxygens (including phenoxy) is 1. The number of rotatable bonds is 4. The Labute approximate surface area is 166 Å². The molecule has 1 aliphatic heterocycles. The minimum Gasteiger partial charge on any atom is -0.438 e. The standard InChI is InChI=1S/C19H17N3O4S2/c1-19(15-12-21-18(27-15)13-6-4-3-5-7-13)10-16(22-26-19)25-14-8-9-17(20-11-14)28(2,23)24/h3-9,11-12H,10H2,1-2H3/t19-/m0/s1. The fourth-order valence-electron chi connectivity index (χ4n) is 2.71. The molecule has 2 aromatic heterocycles. The Kier molecular flexibility index (Phi) is 4.64. The van der Waals surface area contributed by atoms with Gasteiger partial charge in [0.15, 0.2) is 20.5 Å². The van der Waals surface area contributed by atoms with Crippen LogP contribution in [0.25, 0.3) is 10.6 Å². The summed E-state index contributed by atoms with van der Waals surface area (Å²) in [4.78, 5) is 15.0. The summed E-state index contributed by atoms with van der Waals surface area (Å²) in [6.45, 7) is 1.93. The van der Waals surface area contributed by atoms with E-state index in [0.29, 0.717) is 18.1 Å². The minimum atomic E-state index is -3.35. The lowest BCUT2D eigenvalue weighted by molar-refractivity contribution is -0.00464. The van der Waals surface area contributed by atoms with Gasteiger partial charge in [-0.25, -0.2) is 18.4 Å². The second kappa shape index (κ2) is 6.99. The van der Waals surface area contributed by atoms with Gasteiger partial charge in [-0.3, -0.25) is 0 Å². The van der Waals surface area contributed by atoms with E-state index in [2.05, 4.69) is 15.1 Å². The SMILES string of the molecule is C[C@@]1(c2cnc(-c3ccccc3)s2)CC(Oc2ccc(S(C)(=O)=O)nc2)=NO1. The molecule has 0 radical (unpaired) electrons. The van der Waals surface area contributed by atoms with Crippen LogP contribution in [0.3, 0.4) is 0 Å². The normalized spacial score (nSPS) is 19.1. The van der Waals surface area contributed by atoms with Gasteiger partial charge in [0.1, 0.15) is 10.8 Å². The first-order chi connectivity index (χ1) is 13.3. The number of sulfone groups is 1. The van der Waals surface area contributed by atoms with Gasteiger partial charge in [-0.2, -0.15) is 0 Å². The average Bonchev–Trinajstić information content (AvgIpc) is 3.31. The van der Waals surface area contributed by atoms with Crippen LogP contribution in [0.5, 0.6) is 5.75 Å². The van der Waals surface area contributed by atoms with Crippen LogP contribution in [-0.2, 0) is 20.3 Å². The Hall–Kier alpha value is -2.78. The summed E-state index contributed by atoms with van der Waals surface area (Å²) >= 11 is 1.55. The molecule has 28 heavy (non-hydrogen) atoms. The zero-order valence-corrected chi connectivity index (χ0v) is 16.8. The van der Waals surface area contributed by atoms with Crippen LogP contribution in [0.2, 0.25) is 0 Å². The molecule has 0 bridgehead atoms. The van der Waals surface area contributed by atoms with Crippen LogP contribution in [0, 0.1) is 0 Å². The van der Waals surface area contributed by atoms with Gasteiger partial charge in [-0.1, -0.05) is 35.5 Å². The molecule has 1 aliphatic rings. The van der Waals surface area contributed by atoms with Crippen LogP contribution in [0.4, 0.5) is 0 Å². The van der Waals surface area contributed by atoms with E-state index in [1.54, 1.807) is 23.6 Å². The predicted molar refractivity (Wildman–Crippen MR) is 106 cm³/mol. The van der Waals surface area contributed by atoms with Crippen molar-refractivity contribution < 1.29 is 18.0 Å². The van der Waals surface area contributed by atoms with Crippen LogP contribution < -0.4 is 4.74 Å². The number of pyridine rings is 1. The Morgan fingerprint density at radius 3 is 2.57 bits per heavy atom. The quantitative estimate of drug-likeness (QED) is 0.646. The molecule has 3 aromatic rings. The van der Waals surface area contributed by atoms with Crippen molar-refractivity contribution in [3.63, 3.8) is 0 Å². The number of hydrogen-bond acceptors (Lipinski definition) is 8. The van der Waals surface area contributed by atoms with E-state index in [9.17, 15) is 8.42 Å². The molecule has 1 aromatic carbocycles. The highest BCUT2D eigenvalue weighted by molar-refractivity contribution is 7.90. The van der Waals surface area contributed by atoms with Crippen molar-refractivity contribution in [3.8, 4) is 16.3 Å². The van der Waals surface area contributed by atoms with Gasteiger partial charge in [-0.05, 0) is 19.1 Å². The molecular formula is C19H17N3O4S2. The summed E-state index contributed by atoms with van der Waals surface area (Å²) in [5.74, 6) is 0.791. The van der Waals surface area contributed by atoms with Gasteiger partial charge in [0.25, 0.3) is 0 Å². The van der Waals surface area contributed by atoms with Gasteiger partial charge in [-0.15, -0.1) is 11.3 Å². The minimum absolute atomic E-state index is 0.00704. The Balaban J connectivity index is 1.46. The summed E-state index contributed by atoms with van der Waals surface area (Å²) in [5, 5.41) is 4.95. The molecule has 3 heterocycles. The second-order valence-corrected chi connectivity index (χ2v) is 9.58. The van der Waals surface area contributed by atoms with E-state index in [1.807, 2.05) is 37.3 Å². The third-order valence-electron chi connectivity index (χ3n) is 4.21. The zero-order valence-electron chi connectivity index (χ0n) is 15.2. The molecule has 0 saturated heterocycles. The predicted octanol–water partition coefficient (Wildman–Crippen LogP) is 3.64. The summed E-state index contributed by atoms with van der Waals surface area (Å²) in [7, 11) is -3.35. The molecule has 1 atom stereocenters. The number of hydrogen-bond donors (Lipinski definition) is 0. The molecular weight excluding hydrogens is 398 g/mol. The van der Waals surface area contributed by atoms with Crippen molar-refractivity contribution in [1.29, 1.82) is 0 Å². The maximum atomic E-state index is 11.5. The number of aromatic nitrogens is 2. The van der Waals surface area contributed by atoms with Crippen molar-refractivity contribution in [2.45, 2.75) is 24.0 Å². The van der Waals surface area contributed by atoms with Crippen molar-refractivity contribution in [2.24, 2.45) is 5.16 Å².